The second kappa shape index (κ2) is 8.10. The summed E-state index contributed by atoms with van der Waals surface area (Å²) in [7, 11) is 0. The number of anilines is 2. The van der Waals surface area contributed by atoms with Gasteiger partial charge in [-0.2, -0.15) is 0 Å². The highest BCUT2D eigenvalue weighted by molar-refractivity contribution is 14.1. The van der Waals surface area contributed by atoms with Gasteiger partial charge >= 0.3 is 0 Å². The minimum atomic E-state index is -0.625. The summed E-state index contributed by atoms with van der Waals surface area (Å²) in [5.41, 5.74) is 0.972. The number of hydrogen-bond donors (Lipinski definition) is 2. The molecule has 5 nitrogen and oxygen atoms in total. The zero-order valence-electron chi connectivity index (χ0n) is 14.0. The van der Waals surface area contributed by atoms with Crippen LogP contribution in [-0.2, 0) is 0 Å². The molecule has 138 valence electrons. The molecule has 0 fully saturated rings. The molecule has 0 saturated heterocycles. The summed E-state index contributed by atoms with van der Waals surface area (Å²) in [6, 6.07) is 10.4. The second-order valence-electron chi connectivity index (χ2n) is 5.62. The first-order valence-corrected chi connectivity index (χ1v) is 9.22. The Labute approximate surface area is 173 Å². The zero-order chi connectivity index (χ0) is 19.6. The first-order chi connectivity index (χ1) is 12.8. The van der Waals surface area contributed by atoms with Gasteiger partial charge in [-0.25, -0.2) is 4.39 Å². The van der Waals surface area contributed by atoms with Gasteiger partial charge < -0.3 is 15.1 Å². The molecule has 8 heteroatoms. The monoisotopic (exact) mass is 498 g/mol. The van der Waals surface area contributed by atoms with E-state index in [4.69, 9.17) is 16.0 Å². The number of rotatable bonds is 4. The van der Waals surface area contributed by atoms with Gasteiger partial charge in [0, 0.05) is 14.3 Å². The number of furan rings is 1. The highest BCUT2D eigenvalue weighted by atomic mass is 127. The number of aryl methyl sites for hydroxylation is 1. The summed E-state index contributed by atoms with van der Waals surface area (Å²) < 4.78 is 19.9. The lowest BCUT2D eigenvalue weighted by molar-refractivity contribution is 0.101. The van der Waals surface area contributed by atoms with Gasteiger partial charge in [0.05, 0.1) is 23.1 Å². The molecule has 0 atom stereocenters. The van der Waals surface area contributed by atoms with Crippen LogP contribution < -0.4 is 10.6 Å². The van der Waals surface area contributed by atoms with E-state index in [9.17, 15) is 14.0 Å². The van der Waals surface area contributed by atoms with Crippen LogP contribution in [0.4, 0.5) is 15.8 Å². The van der Waals surface area contributed by atoms with Crippen LogP contribution in [0.3, 0.4) is 0 Å². The van der Waals surface area contributed by atoms with E-state index in [1.54, 1.807) is 25.1 Å². The van der Waals surface area contributed by atoms with Gasteiger partial charge in [-0.3, -0.25) is 9.59 Å². The van der Waals surface area contributed by atoms with Gasteiger partial charge in [-0.1, -0.05) is 11.6 Å². The standard InChI is InChI=1S/C19H13ClFIN2O3/c1-10-13(6-7-27-10)18(25)24-17-9-12(3-4-15(17)21)23-19(26)14-8-11(20)2-5-16(14)22/h2-9H,1H3,(H,23,26)(H,24,25). The Hall–Kier alpha value is -2.39. The lowest BCUT2D eigenvalue weighted by Crippen LogP contribution is -2.15. The second-order valence-corrected chi connectivity index (χ2v) is 7.22. The van der Waals surface area contributed by atoms with E-state index in [-0.39, 0.29) is 5.69 Å². The van der Waals surface area contributed by atoms with E-state index in [0.29, 0.717) is 27.6 Å². The maximum atomic E-state index is 14.1. The van der Waals surface area contributed by atoms with Crippen LogP contribution in [0.15, 0.2) is 53.1 Å². The van der Waals surface area contributed by atoms with Crippen LogP contribution in [0.5, 0.6) is 0 Å². The fourth-order valence-electron chi connectivity index (χ4n) is 2.38. The topological polar surface area (TPSA) is 71.3 Å². The highest BCUT2D eigenvalue weighted by Crippen LogP contribution is 2.23. The average molecular weight is 499 g/mol. The molecular formula is C19H13ClFIN2O3. The van der Waals surface area contributed by atoms with Crippen LogP contribution in [0.1, 0.15) is 26.5 Å². The normalized spacial score (nSPS) is 10.5. The van der Waals surface area contributed by atoms with Crippen molar-refractivity contribution in [1.29, 1.82) is 0 Å². The van der Waals surface area contributed by atoms with Crippen molar-refractivity contribution in [2.75, 3.05) is 10.6 Å². The van der Waals surface area contributed by atoms with Crippen LogP contribution in [0, 0.1) is 16.3 Å². The van der Waals surface area contributed by atoms with Gasteiger partial charge in [-0.15, -0.1) is 0 Å². The third-order valence-electron chi connectivity index (χ3n) is 3.75. The number of halogens is 3. The minimum absolute atomic E-state index is 0.0563. The molecule has 1 aromatic heterocycles. The Morgan fingerprint density at radius 1 is 1.04 bits per heavy atom. The molecule has 2 amide bonds. The molecule has 0 spiro atoms. The molecule has 0 aliphatic carbocycles. The quantitative estimate of drug-likeness (QED) is 0.467. The molecule has 3 rings (SSSR count). The average Bonchev–Trinajstić information content (AvgIpc) is 3.06. The third-order valence-corrected chi connectivity index (χ3v) is 4.92. The maximum Gasteiger partial charge on any atom is 0.259 e. The van der Waals surface area contributed by atoms with Crippen LogP contribution in [0.2, 0.25) is 5.02 Å². The van der Waals surface area contributed by atoms with Crippen LogP contribution in [0.25, 0.3) is 0 Å². The van der Waals surface area contributed by atoms with Gasteiger partial charge in [-0.05, 0) is 72.0 Å². The van der Waals surface area contributed by atoms with E-state index in [2.05, 4.69) is 10.6 Å². The molecule has 0 bridgehead atoms. The van der Waals surface area contributed by atoms with E-state index >= 15 is 0 Å². The number of hydrogen-bond acceptors (Lipinski definition) is 3. The molecule has 0 aliphatic rings. The number of nitrogens with one attached hydrogen (secondary N) is 2. The molecule has 0 saturated carbocycles. The fourth-order valence-corrected chi connectivity index (χ4v) is 3.13. The number of benzene rings is 2. The number of carbonyl (C=O) groups excluding carboxylic acids is 2. The van der Waals surface area contributed by atoms with Crippen LogP contribution in [-0.4, -0.2) is 11.8 Å². The first-order valence-electron chi connectivity index (χ1n) is 7.76. The molecule has 0 unspecified atom stereocenters. The molecule has 3 aromatic rings. The van der Waals surface area contributed by atoms with Gasteiger partial charge in [0.15, 0.2) is 0 Å². The fraction of sp³-hybridized carbons (Fsp3) is 0.0526. The lowest BCUT2D eigenvalue weighted by atomic mass is 10.2. The van der Waals surface area contributed by atoms with Crippen molar-refractivity contribution >= 4 is 57.4 Å². The Bertz CT molecular complexity index is 1040. The highest BCUT2D eigenvalue weighted by Gasteiger charge is 2.16. The van der Waals surface area contributed by atoms with Crippen molar-refractivity contribution in [3.05, 3.63) is 80.0 Å². The van der Waals surface area contributed by atoms with Crippen LogP contribution >= 0.6 is 34.2 Å². The molecular weight excluding hydrogens is 486 g/mol. The zero-order valence-corrected chi connectivity index (χ0v) is 16.9. The van der Waals surface area contributed by atoms with Crippen molar-refractivity contribution in [2.45, 2.75) is 6.92 Å². The van der Waals surface area contributed by atoms with Crippen molar-refractivity contribution in [1.82, 2.24) is 0 Å². The Balaban J connectivity index is 1.81. The minimum Gasteiger partial charge on any atom is -0.469 e. The maximum absolute atomic E-state index is 14.1. The molecule has 1 heterocycles. The van der Waals surface area contributed by atoms with E-state index in [0.717, 1.165) is 9.64 Å². The molecule has 0 radical (unpaired) electrons. The van der Waals surface area contributed by atoms with E-state index in [1.807, 2.05) is 22.6 Å². The Morgan fingerprint density at radius 2 is 1.78 bits per heavy atom. The Kier molecular flexibility index (Phi) is 5.81. The SMILES string of the molecule is Cc1occc1C(=O)Nc1cc(NC(=O)c2cc(Cl)ccc2I)ccc1F. The lowest BCUT2D eigenvalue weighted by Gasteiger charge is -2.11. The van der Waals surface area contributed by atoms with Gasteiger partial charge in [0.25, 0.3) is 11.8 Å². The predicted molar refractivity (Wildman–Crippen MR) is 110 cm³/mol. The number of amides is 2. The number of carbonyl (C=O) groups is 2. The molecule has 2 aromatic carbocycles. The summed E-state index contributed by atoms with van der Waals surface area (Å²) in [6.45, 7) is 1.63. The summed E-state index contributed by atoms with van der Waals surface area (Å²) in [5, 5.41) is 5.59. The first kappa shape index (κ1) is 19.4. The van der Waals surface area contributed by atoms with E-state index in [1.165, 1.54) is 24.5 Å². The van der Waals surface area contributed by atoms with Crippen molar-refractivity contribution in [3.8, 4) is 0 Å². The van der Waals surface area contributed by atoms with Crippen molar-refractivity contribution in [3.63, 3.8) is 0 Å². The summed E-state index contributed by atoms with van der Waals surface area (Å²) >= 11 is 7.97. The van der Waals surface area contributed by atoms with Gasteiger partial charge in [0.1, 0.15) is 11.6 Å². The summed E-state index contributed by atoms with van der Waals surface area (Å²) in [4.78, 5) is 24.7. The van der Waals surface area contributed by atoms with Crippen molar-refractivity contribution in [2.24, 2.45) is 0 Å². The predicted octanol–water partition coefficient (Wildman–Crippen LogP) is 5.49. The van der Waals surface area contributed by atoms with Gasteiger partial charge in [0.2, 0.25) is 0 Å². The van der Waals surface area contributed by atoms with Crippen molar-refractivity contribution < 1.29 is 18.4 Å². The largest absolute Gasteiger partial charge is 0.469 e. The third kappa shape index (κ3) is 4.48. The molecule has 2 N–H and O–H groups in total. The summed E-state index contributed by atoms with van der Waals surface area (Å²) in [5.74, 6) is -1.10. The Morgan fingerprint density at radius 3 is 2.48 bits per heavy atom. The summed E-state index contributed by atoms with van der Waals surface area (Å²) in [6.07, 6.45) is 1.38. The van der Waals surface area contributed by atoms with E-state index < -0.39 is 17.6 Å². The molecule has 27 heavy (non-hydrogen) atoms. The molecule has 0 aliphatic heterocycles. The smallest absolute Gasteiger partial charge is 0.259 e.